The number of rotatable bonds is 7. The molecule has 6 nitrogen and oxygen atoms in total. The van der Waals surface area contributed by atoms with Gasteiger partial charge in [-0.05, 0) is 43.5 Å². The Morgan fingerprint density at radius 2 is 1.87 bits per heavy atom. The van der Waals surface area contributed by atoms with Crippen LogP contribution in [0, 0.1) is 0 Å². The van der Waals surface area contributed by atoms with Crippen LogP contribution in [-0.4, -0.2) is 31.1 Å². The predicted molar refractivity (Wildman–Crippen MR) is 87.2 cm³/mol. The first-order chi connectivity index (χ1) is 11.0. The van der Waals surface area contributed by atoms with Gasteiger partial charge in [-0.1, -0.05) is 12.8 Å². The fourth-order valence-corrected chi connectivity index (χ4v) is 2.63. The molecule has 2 rings (SSSR count). The Morgan fingerprint density at radius 3 is 2.48 bits per heavy atom. The highest BCUT2D eigenvalue weighted by Crippen LogP contribution is 2.28. The van der Waals surface area contributed by atoms with Gasteiger partial charge in [-0.25, -0.2) is 0 Å². The summed E-state index contributed by atoms with van der Waals surface area (Å²) in [6, 6.07) is 7.13. The Kier molecular flexibility index (Phi) is 5.98. The standard InChI is InChI=1S/C17H24N2O4/c1-22-15(20)5-4-12-23-14-8-6-13(7-9-14)19-16(21)17(18)10-2-3-11-17/h6-9H,2-5,10-12,18H2,1H3,(H,19,21). The molecule has 0 unspecified atom stereocenters. The zero-order chi connectivity index (χ0) is 16.7. The van der Waals surface area contributed by atoms with Gasteiger partial charge in [0.1, 0.15) is 5.75 Å². The number of methoxy groups -OCH3 is 1. The normalized spacial score (nSPS) is 15.9. The molecule has 1 fully saturated rings. The van der Waals surface area contributed by atoms with E-state index in [0.29, 0.717) is 30.9 Å². The molecule has 1 aromatic rings. The number of carbonyl (C=O) groups excluding carboxylic acids is 2. The largest absolute Gasteiger partial charge is 0.494 e. The van der Waals surface area contributed by atoms with Crippen molar-refractivity contribution in [2.45, 2.75) is 44.1 Å². The second-order valence-electron chi connectivity index (χ2n) is 5.87. The third-order valence-corrected chi connectivity index (χ3v) is 4.08. The molecule has 1 aliphatic carbocycles. The molecular formula is C17H24N2O4. The summed E-state index contributed by atoms with van der Waals surface area (Å²) >= 11 is 0. The quantitative estimate of drug-likeness (QED) is 0.594. The van der Waals surface area contributed by atoms with E-state index in [2.05, 4.69) is 10.1 Å². The van der Waals surface area contributed by atoms with Gasteiger partial charge in [-0.3, -0.25) is 9.59 Å². The van der Waals surface area contributed by atoms with Crippen LogP contribution in [-0.2, 0) is 14.3 Å². The highest BCUT2D eigenvalue weighted by molar-refractivity contribution is 5.98. The summed E-state index contributed by atoms with van der Waals surface area (Å²) in [7, 11) is 1.37. The van der Waals surface area contributed by atoms with Crippen molar-refractivity contribution >= 4 is 17.6 Å². The van der Waals surface area contributed by atoms with E-state index in [-0.39, 0.29) is 11.9 Å². The maximum absolute atomic E-state index is 12.2. The minimum atomic E-state index is -0.733. The minimum absolute atomic E-state index is 0.123. The van der Waals surface area contributed by atoms with Gasteiger partial charge in [0.2, 0.25) is 5.91 Å². The molecule has 0 bridgehead atoms. The van der Waals surface area contributed by atoms with E-state index in [0.717, 1.165) is 25.7 Å². The smallest absolute Gasteiger partial charge is 0.305 e. The molecule has 0 atom stereocenters. The zero-order valence-electron chi connectivity index (χ0n) is 13.5. The Labute approximate surface area is 136 Å². The summed E-state index contributed by atoms with van der Waals surface area (Å²) in [4.78, 5) is 23.2. The van der Waals surface area contributed by atoms with Gasteiger partial charge < -0.3 is 20.5 Å². The van der Waals surface area contributed by atoms with Crippen LogP contribution < -0.4 is 15.8 Å². The van der Waals surface area contributed by atoms with Crippen LogP contribution in [0.3, 0.4) is 0 Å². The van der Waals surface area contributed by atoms with Gasteiger partial charge in [0.05, 0.1) is 19.3 Å². The van der Waals surface area contributed by atoms with Gasteiger partial charge in [-0.2, -0.15) is 0 Å². The van der Waals surface area contributed by atoms with E-state index in [4.69, 9.17) is 10.5 Å². The van der Waals surface area contributed by atoms with Gasteiger partial charge >= 0.3 is 5.97 Å². The molecule has 0 spiro atoms. The van der Waals surface area contributed by atoms with E-state index in [1.54, 1.807) is 24.3 Å². The van der Waals surface area contributed by atoms with Crippen LogP contribution in [0.5, 0.6) is 5.75 Å². The summed E-state index contributed by atoms with van der Waals surface area (Å²) < 4.78 is 10.1. The molecule has 6 heteroatoms. The Bertz CT molecular complexity index is 536. The second-order valence-corrected chi connectivity index (χ2v) is 5.87. The van der Waals surface area contributed by atoms with Crippen molar-refractivity contribution in [3.8, 4) is 5.75 Å². The van der Waals surface area contributed by atoms with Crippen molar-refractivity contribution in [2.24, 2.45) is 5.73 Å². The fourth-order valence-electron chi connectivity index (χ4n) is 2.63. The fraction of sp³-hybridized carbons (Fsp3) is 0.529. The van der Waals surface area contributed by atoms with Crippen molar-refractivity contribution in [3.63, 3.8) is 0 Å². The zero-order valence-corrected chi connectivity index (χ0v) is 13.5. The van der Waals surface area contributed by atoms with E-state index in [9.17, 15) is 9.59 Å². The van der Waals surface area contributed by atoms with Gasteiger partial charge in [0.25, 0.3) is 0 Å². The average molecular weight is 320 g/mol. The lowest BCUT2D eigenvalue weighted by atomic mass is 9.98. The van der Waals surface area contributed by atoms with Crippen molar-refractivity contribution in [2.75, 3.05) is 19.0 Å². The molecule has 0 saturated heterocycles. The van der Waals surface area contributed by atoms with Crippen LogP contribution in [0.25, 0.3) is 0 Å². The number of esters is 1. The number of anilines is 1. The molecule has 1 saturated carbocycles. The maximum Gasteiger partial charge on any atom is 0.305 e. The Hall–Kier alpha value is -2.08. The number of hydrogen-bond donors (Lipinski definition) is 2. The summed E-state index contributed by atoms with van der Waals surface area (Å²) in [5.74, 6) is 0.326. The monoisotopic (exact) mass is 320 g/mol. The topological polar surface area (TPSA) is 90.6 Å². The lowest BCUT2D eigenvalue weighted by Crippen LogP contribution is -2.48. The molecule has 0 aliphatic heterocycles. The molecule has 23 heavy (non-hydrogen) atoms. The number of nitrogens with one attached hydrogen (secondary N) is 1. The van der Waals surface area contributed by atoms with Crippen molar-refractivity contribution < 1.29 is 19.1 Å². The average Bonchev–Trinajstić information content (AvgIpc) is 3.01. The van der Waals surface area contributed by atoms with Gasteiger partial charge in [0, 0.05) is 12.1 Å². The highest BCUT2D eigenvalue weighted by Gasteiger charge is 2.36. The van der Waals surface area contributed by atoms with E-state index in [1.807, 2.05) is 0 Å². The molecule has 3 N–H and O–H groups in total. The van der Waals surface area contributed by atoms with Crippen molar-refractivity contribution in [3.05, 3.63) is 24.3 Å². The molecule has 0 heterocycles. The second kappa shape index (κ2) is 7.97. The number of ether oxygens (including phenoxy) is 2. The predicted octanol–water partition coefficient (Wildman–Crippen LogP) is 2.23. The minimum Gasteiger partial charge on any atom is -0.494 e. The summed E-state index contributed by atoms with van der Waals surface area (Å²) in [6.45, 7) is 0.437. The molecule has 1 aliphatic rings. The number of hydrogen-bond acceptors (Lipinski definition) is 5. The third kappa shape index (κ3) is 4.96. The van der Waals surface area contributed by atoms with Crippen LogP contribution in [0.2, 0.25) is 0 Å². The van der Waals surface area contributed by atoms with Crippen LogP contribution >= 0.6 is 0 Å². The molecule has 1 aromatic carbocycles. The number of nitrogens with two attached hydrogens (primary N) is 1. The first-order valence-corrected chi connectivity index (χ1v) is 7.93. The number of carbonyl (C=O) groups is 2. The van der Waals surface area contributed by atoms with E-state index < -0.39 is 5.54 Å². The lowest BCUT2D eigenvalue weighted by molar-refractivity contribution is -0.140. The molecule has 126 valence electrons. The summed E-state index contributed by atoms with van der Waals surface area (Å²) in [5.41, 5.74) is 6.09. The van der Waals surface area contributed by atoms with E-state index >= 15 is 0 Å². The maximum atomic E-state index is 12.2. The molecule has 0 radical (unpaired) electrons. The highest BCUT2D eigenvalue weighted by atomic mass is 16.5. The SMILES string of the molecule is COC(=O)CCCOc1ccc(NC(=O)C2(N)CCCC2)cc1. The van der Waals surface area contributed by atoms with Crippen molar-refractivity contribution in [1.82, 2.24) is 0 Å². The first kappa shape index (κ1) is 17.3. The lowest BCUT2D eigenvalue weighted by Gasteiger charge is -2.22. The van der Waals surface area contributed by atoms with Gasteiger partial charge in [0.15, 0.2) is 0 Å². The van der Waals surface area contributed by atoms with E-state index in [1.165, 1.54) is 7.11 Å². The third-order valence-electron chi connectivity index (χ3n) is 4.08. The molecule has 1 amide bonds. The summed E-state index contributed by atoms with van der Waals surface area (Å²) in [5, 5.41) is 2.86. The first-order valence-electron chi connectivity index (χ1n) is 7.93. The molecule has 0 aromatic heterocycles. The van der Waals surface area contributed by atoms with Gasteiger partial charge in [-0.15, -0.1) is 0 Å². The van der Waals surface area contributed by atoms with Crippen LogP contribution in [0.15, 0.2) is 24.3 Å². The van der Waals surface area contributed by atoms with Crippen molar-refractivity contribution in [1.29, 1.82) is 0 Å². The summed E-state index contributed by atoms with van der Waals surface area (Å²) in [6.07, 6.45) is 4.41. The Balaban J connectivity index is 1.78. The van der Waals surface area contributed by atoms with Crippen LogP contribution in [0.4, 0.5) is 5.69 Å². The molecular weight excluding hydrogens is 296 g/mol. The number of amides is 1. The Morgan fingerprint density at radius 1 is 1.22 bits per heavy atom. The number of benzene rings is 1. The van der Waals surface area contributed by atoms with Crippen LogP contribution in [0.1, 0.15) is 38.5 Å².